The number of hydrogen-bond donors (Lipinski definition) is 3. The Balaban J connectivity index is 0.972. The minimum absolute atomic E-state index is 0.0996. The van der Waals surface area contributed by atoms with Crippen LogP contribution in [0.2, 0.25) is 0 Å². The van der Waals surface area contributed by atoms with E-state index in [4.69, 9.17) is 14.2 Å². The lowest BCUT2D eigenvalue weighted by atomic mass is 9.92. The molecule has 2 unspecified atom stereocenters. The van der Waals surface area contributed by atoms with E-state index in [0.717, 1.165) is 44.8 Å². The molecule has 4 aliphatic heterocycles. The molecule has 0 aliphatic carbocycles. The maximum Gasteiger partial charge on any atom is 0.259 e. The Kier molecular flexibility index (Phi) is 10.4. The van der Waals surface area contributed by atoms with Crippen molar-refractivity contribution in [3.63, 3.8) is 0 Å². The summed E-state index contributed by atoms with van der Waals surface area (Å²) in [5, 5.41) is 25.8. The summed E-state index contributed by atoms with van der Waals surface area (Å²) in [5.74, 6) is 0.969. The highest BCUT2D eigenvalue weighted by atomic mass is 16.5. The number of nitrogens with one attached hydrogen (secondary N) is 1. The van der Waals surface area contributed by atoms with Crippen LogP contribution >= 0.6 is 0 Å². The zero-order valence-corrected chi connectivity index (χ0v) is 35.2. The van der Waals surface area contributed by atoms with Crippen LogP contribution in [0.1, 0.15) is 86.9 Å². The third-order valence-electron chi connectivity index (χ3n) is 12.3. The first-order chi connectivity index (χ1) is 29.2. The highest BCUT2D eigenvalue weighted by Crippen LogP contribution is 2.42. The number of methoxy groups -OCH3 is 1. The summed E-state index contributed by atoms with van der Waals surface area (Å²) in [4.78, 5) is 44.7. The van der Waals surface area contributed by atoms with Crippen LogP contribution in [0.4, 0.5) is 17.1 Å². The minimum Gasteiger partial charge on any atom is -0.493 e. The van der Waals surface area contributed by atoms with Crippen LogP contribution in [-0.4, -0.2) is 59.3 Å². The van der Waals surface area contributed by atoms with Gasteiger partial charge in [-0.3, -0.25) is 14.4 Å². The number of carbonyl (C=O) groups excluding carboxylic acids is 3. The molecule has 0 saturated carbocycles. The van der Waals surface area contributed by atoms with E-state index in [0.29, 0.717) is 65.3 Å². The maximum absolute atomic E-state index is 14.1. The van der Waals surface area contributed by atoms with Crippen molar-refractivity contribution < 1.29 is 38.8 Å². The summed E-state index contributed by atoms with van der Waals surface area (Å²) in [5.41, 5.74) is 8.87. The van der Waals surface area contributed by atoms with Crippen molar-refractivity contribution in [1.82, 2.24) is 0 Å². The lowest BCUT2D eigenvalue weighted by molar-refractivity contribution is -0.117. The summed E-state index contributed by atoms with van der Waals surface area (Å²) < 4.78 is 18.6. The molecule has 61 heavy (non-hydrogen) atoms. The molecule has 0 aromatic heterocycles. The van der Waals surface area contributed by atoms with Crippen LogP contribution in [0.5, 0.6) is 17.2 Å². The van der Waals surface area contributed by atoms with Crippen LogP contribution < -0.4 is 29.3 Å². The number of anilines is 3. The number of rotatable bonds is 9. The second-order valence-corrected chi connectivity index (χ2v) is 18.0. The molecule has 4 heterocycles. The number of aliphatic hydroxyl groups excluding tert-OH is 2. The Morgan fingerprint density at radius 3 is 1.72 bits per heavy atom. The maximum atomic E-state index is 14.1. The van der Waals surface area contributed by atoms with Gasteiger partial charge in [0, 0.05) is 47.5 Å². The molecule has 3 amide bonds. The first-order valence-electron chi connectivity index (χ1n) is 21.0. The molecule has 4 atom stereocenters. The van der Waals surface area contributed by atoms with Crippen molar-refractivity contribution in [3.8, 4) is 17.2 Å². The lowest BCUT2D eigenvalue weighted by Gasteiger charge is -2.26. The SMILES string of the molecule is COc1cc2c(cc1OCc1cc(COc3cc4c(cc3C)C(=O)N3c5ccccc5C[C@H]3C(O)C4)cc(NC(=O)CC(C)(C)C)c1)CC(O)[C@@H]1Cc3ccccc3N1C2=O. The molecule has 0 saturated heterocycles. The molecule has 0 spiro atoms. The average molecular weight is 822 g/mol. The zero-order chi connectivity index (χ0) is 42.7. The number of amides is 3. The second kappa shape index (κ2) is 15.7. The summed E-state index contributed by atoms with van der Waals surface area (Å²) >= 11 is 0. The van der Waals surface area contributed by atoms with Gasteiger partial charge in [-0.05, 0) is 119 Å². The Labute approximate surface area is 355 Å². The summed E-state index contributed by atoms with van der Waals surface area (Å²) in [6, 6.07) is 27.8. The van der Waals surface area contributed by atoms with Crippen molar-refractivity contribution in [2.75, 3.05) is 22.2 Å². The van der Waals surface area contributed by atoms with Crippen molar-refractivity contribution in [3.05, 3.63) is 141 Å². The van der Waals surface area contributed by atoms with Gasteiger partial charge < -0.3 is 39.5 Å². The molecule has 3 N–H and O–H groups in total. The largest absolute Gasteiger partial charge is 0.493 e. The molecule has 5 aromatic carbocycles. The highest BCUT2D eigenvalue weighted by molar-refractivity contribution is 6.10. The van der Waals surface area contributed by atoms with Gasteiger partial charge in [0.25, 0.3) is 11.8 Å². The van der Waals surface area contributed by atoms with E-state index in [1.807, 2.05) is 107 Å². The Hall–Kier alpha value is -6.17. The van der Waals surface area contributed by atoms with Crippen LogP contribution in [0.25, 0.3) is 0 Å². The lowest BCUT2D eigenvalue weighted by Crippen LogP contribution is -2.43. The standard InChI is InChI=1S/C50H51N3O8/c1-28-14-36-33(20-42(54)40-18-31-10-6-8-12-38(31)52(40)48(36)57)22-44(28)60-26-29-15-30(17-35(16-29)51-47(56)25-50(2,3)4)27-61-46-23-34-21-43(55)41-19-32-11-7-9-13-39(32)53(41)49(58)37(34)24-45(46)59-5/h6-17,22-24,40-43,54-55H,18-21,25-27H2,1-5H3,(H,51,56)/t40-,41-,42?,43?/m0/s1. The van der Waals surface area contributed by atoms with Gasteiger partial charge in [0.1, 0.15) is 19.0 Å². The molecule has 11 heteroatoms. The smallest absolute Gasteiger partial charge is 0.259 e. The van der Waals surface area contributed by atoms with Crippen molar-refractivity contribution in [2.45, 2.75) is 97.3 Å². The Bertz CT molecular complexity index is 2580. The van der Waals surface area contributed by atoms with Gasteiger partial charge in [-0.1, -0.05) is 57.2 Å². The molecule has 9 rings (SSSR count). The number of nitrogens with zero attached hydrogens (tertiary/aromatic N) is 2. The molecule has 314 valence electrons. The molecule has 11 nitrogen and oxygen atoms in total. The third kappa shape index (κ3) is 7.72. The van der Waals surface area contributed by atoms with Gasteiger partial charge in [-0.2, -0.15) is 0 Å². The van der Waals surface area contributed by atoms with Crippen molar-refractivity contribution in [1.29, 1.82) is 0 Å². The predicted octanol–water partition coefficient (Wildman–Crippen LogP) is 7.51. The number of carbonyl (C=O) groups is 3. The number of aryl methyl sites for hydroxylation is 1. The summed E-state index contributed by atoms with van der Waals surface area (Å²) in [6.45, 7) is 8.19. The Morgan fingerprint density at radius 2 is 1.18 bits per heavy atom. The van der Waals surface area contributed by atoms with Gasteiger partial charge in [0.15, 0.2) is 11.5 Å². The van der Waals surface area contributed by atoms with E-state index in [9.17, 15) is 24.6 Å². The Morgan fingerprint density at radius 1 is 0.672 bits per heavy atom. The van der Waals surface area contributed by atoms with E-state index in [1.165, 1.54) is 7.11 Å². The first-order valence-corrected chi connectivity index (χ1v) is 21.0. The van der Waals surface area contributed by atoms with Gasteiger partial charge in [0.05, 0.1) is 31.4 Å². The van der Waals surface area contributed by atoms with E-state index >= 15 is 0 Å². The molecule has 0 bridgehead atoms. The minimum atomic E-state index is -0.779. The number of hydrogen-bond acceptors (Lipinski definition) is 8. The van der Waals surface area contributed by atoms with E-state index < -0.39 is 12.2 Å². The normalized spacial score (nSPS) is 20.0. The summed E-state index contributed by atoms with van der Waals surface area (Å²) in [7, 11) is 1.53. The molecule has 4 aliphatic rings. The number of benzene rings is 5. The molecule has 5 aromatic rings. The van der Waals surface area contributed by atoms with Crippen molar-refractivity contribution in [2.24, 2.45) is 5.41 Å². The van der Waals surface area contributed by atoms with Gasteiger partial charge in [-0.15, -0.1) is 0 Å². The van der Waals surface area contributed by atoms with Gasteiger partial charge in [0.2, 0.25) is 5.91 Å². The number of ether oxygens (including phenoxy) is 3. The molecule has 0 radical (unpaired) electrons. The third-order valence-corrected chi connectivity index (χ3v) is 12.3. The zero-order valence-electron chi connectivity index (χ0n) is 35.2. The van der Waals surface area contributed by atoms with E-state index in [-0.39, 0.29) is 54.9 Å². The first kappa shape index (κ1) is 40.2. The van der Waals surface area contributed by atoms with Crippen LogP contribution in [0, 0.1) is 12.3 Å². The van der Waals surface area contributed by atoms with Gasteiger partial charge in [-0.25, -0.2) is 0 Å². The number of fused-ring (bicyclic) bond motifs is 8. The fourth-order valence-corrected chi connectivity index (χ4v) is 9.45. The fourth-order valence-electron chi connectivity index (χ4n) is 9.45. The molecular weight excluding hydrogens is 771 g/mol. The number of aliphatic hydroxyl groups is 2. The summed E-state index contributed by atoms with van der Waals surface area (Å²) in [6.07, 6.45) is 0.565. The van der Waals surface area contributed by atoms with Gasteiger partial charge >= 0.3 is 0 Å². The van der Waals surface area contributed by atoms with Crippen LogP contribution in [-0.2, 0) is 43.7 Å². The van der Waals surface area contributed by atoms with Crippen LogP contribution in [0.3, 0.4) is 0 Å². The van der Waals surface area contributed by atoms with Crippen LogP contribution in [0.15, 0.2) is 91.0 Å². The van der Waals surface area contributed by atoms with E-state index in [2.05, 4.69) is 5.32 Å². The van der Waals surface area contributed by atoms with Crippen molar-refractivity contribution >= 4 is 34.8 Å². The monoisotopic (exact) mass is 821 g/mol. The molecular formula is C50H51N3O8. The quantitative estimate of drug-likeness (QED) is 0.139. The fraction of sp³-hybridized carbons (Fsp3) is 0.340. The second-order valence-electron chi connectivity index (χ2n) is 18.0. The average Bonchev–Trinajstić information content (AvgIpc) is 3.76. The number of para-hydroxylation sites is 2. The predicted molar refractivity (Wildman–Crippen MR) is 233 cm³/mol. The highest BCUT2D eigenvalue weighted by Gasteiger charge is 2.43. The topological polar surface area (TPSA) is 138 Å². The van der Waals surface area contributed by atoms with E-state index in [1.54, 1.807) is 21.9 Å². The molecule has 0 fully saturated rings.